The highest BCUT2D eigenvalue weighted by molar-refractivity contribution is 9.10. The van der Waals surface area contributed by atoms with Crippen LogP contribution in [-0.4, -0.2) is 62.2 Å². The van der Waals surface area contributed by atoms with Crippen molar-refractivity contribution in [1.29, 1.82) is 0 Å². The number of halogens is 1. The average Bonchev–Trinajstić information content (AvgIpc) is 3.20. The monoisotopic (exact) mass is 527 g/mol. The highest BCUT2D eigenvalue weighted by atomic mass is 79.9. The van der Waals surface area contributed by atoms with Crippen LogP contribution in [0.4, 0.5) is 5.69 Å². The molecule has 0 N–H and O–H groups in total. The molecule has 3 rings (SSSR count). The van der Waals surface area contributed by atoms with E-state index < -0.39 is 10.0 Å². The van der Waals surface area contributed by atoms with Gasteiger partial charge in [0.1, 0.15) is 0 Å². The molecule has 0 unspecified atom stereocenters. The SMILES string of the molecule is CCCN(CCC)C(=O)[C@H]1CCCN(S(=O)(=O)c2cc3c(cc2Br)CCN3C(=O)CC)C1. The van der Waals surface area contributed by atoms with Crippen molar-refractivity contribution in [1.82, 2.24) is 9.21 Å². The lowest BCUT2D eigenvalue weighted by Crippen LogP contribution is -2.47. The second kappa shape index (κ2) is 10.7. The van der Waals surface area contributed by atoms with Crippen LogP contribution in [0.15, 0.2) is 21.5 Å². The molecule has 0 aromatic heterocycles. The third kappa shape index (κ3) is 5.04. The second-order valence-electron chi connectivity index (χ2n) is 8.59. The average molecular weight is 529 g/mol. The number of nitrogens with zero attached hydrogens (tertiary/aromatic N) is 3. The van der Waals surface area contributed by atoms with Gasteiger partial charge in [0.2, 0.25) is 21.8 Å². The van der Waals surface area contributed by atoms with Gasteiger partial charge >= 0.3 is 0 Å². The minimum atomic E-state index is -3.81. The van der Waals surface area contributed by atoms with Crippen molar-refractivity contribution >= 4 is 43.5 Å². The highest BCUT2D eigenvalue weighted by Gasteiger charge is 2.37. The van der Waals surface area contributed by atoms with Crippen LogP contribution in [0.5, 0.6) is 0 Å². The van der Waals surface area contributed by atoms with Gasteiger partial charge in [-0.05, 0) is 65.7 Å². The van der Waals surface area contributed by atoms with Crippen LogP contribution in [0, 0.1) is 5.92 Å². The topological polar surface area (TPSA) is 78.0 Å². The Hall–Kier alpha value is -1.45. The van der Waals surface area contributed by atoms with E-state index in [2.05, 4.69) is 15.9 Å². The van der Waals surface area contributed by atoms with Crippen molar-refractivity contribution < 1.29 is 18.0 Å². The van der Waals surface area contributed by atoms with Crippen LogP contribution < -0.4 is 4.90 Å². The van der Waals surface area contributed by atoms with E-state index >= 15 is 0 Å². The number of anilines is 1. The van der Waals surface area contributed by atoms with E-state index in [1.54, 1.807) is 11.0 Å². The first-order valence-electron chi connectivity index (χ1n) is 11.7. The first-order chi connectivity index (χ1) is 15.2. The summed E-state index contributed by atoms with van der Waals surface area (Å²) in [6, 6.07) is 3.45. The normalized spacial score (nSPS) is 19.1. The molecule has 2 aliphatic heterocycles. The summed E-state index contributed by atoms with van der Waals surface area (Å²) in [4.78, 5) is 29.2. The molecule has 1 aromatic rings. The zero-order valence-electron chi connectivity index (χ0n) is 19.3. The molecule has 2 aliphatic rings. The largest absolute Gasteiger partial charge is 0.342 e. The van der Waals surface area contributed by atoms with Gasteiger partial charge in [-0.1, -0.05) is 20.8 Å². The summed E-state index contributed by atoms with van der Waals surface area (Å²) in [5.41, 5.74) is 1.65. The van der Waals surface area contributed by atoms with Crippen molar-refractivity contribution in [2.24, 2.45) is 5.92 Å². The van der Waals surface area contributed by atoms with Crippen LogP contribution >= 0.6 is 15.9 Å². The standard InChI is InChI=1S/C23H34BrN3O4S/c1-4-10-25(11-5-2)23(29)18-8-7-12-26(16-18)32(30,31)21-15-20-17(14-19(21)24)9-13-27(20)22(28)6-3/h14-15,18H,4-13,16H2,1-3H3/t18-/m0/s1. The molecule has 32 heavy (non-hydrogen) atoms. The Morgan fingerprint density at radius 2 is 1.81 bits per heavy atom. The number of fused-ring (bicyclic) bond motifs is 1. The molecule has 1 saturated heterocycles. The summed E-state index contributed by atoms with van der Waals surface area (Å²) < 4.78 is 29.2. The first kappa shape index (κ1) is 25.2. The van der Waals surface area contributed by atoms with E-state index in [1.165, 1.54) is 4.31 Å². The van der Waals surface area contributed by atoms with Gasteiger partial charge in [0.05, 0.1) is 10.8 Å². The molecule has 1 aromatic carbocycles. The second-order valence-corrected chi connectivity index (χ2v) is 11.3. The molecule has 1 fully saturated rings. The summed E-state index contributed by atoms with van der Waals surface area (Å²) in [6.07, 6.45) is 4.22. The molecule has 0 bridgehead atoms. The molecule has 0 spiro atoms. The number of sulfonamides is 1. The Labute approximate surface area is 200 Å². The molecule has 2 heterocycles. The van der Waals surface area contributed by atoms with Gasteiger partial charge < -0.3 is 9.80 Å². The maximum absolute atomic E-state index is 13.6. The fourth-order valence-corrected chi connectivity index (χ4v) is 7.26. The zero-order valence-corrected chi connectivity index (χ0v) is 21.7. The number of piperidine rings is 1. The fourth-order valence-electron chi connectivity index (χ4n) is 4.67. The molecule has 7 nitrogen and oxygen atoms in total. The summed E-state index contributed by atoms with van der Waals surface area (Å²) in [5, 5.41) is 0. The van der Waals surface area contributed by atoms with Crippen molar-refractivity contribution in [3.05, 3.63) is 22.2 Å². The van der Waals surface area contributed by atoms with Gasteiger partial charge in [-0.2, -0.15) is 4.31 Å². The zero-order chi connectivity index (χ0) is 23.5. The lowest BCUT2D eigenvalue weighted by Gasteiger charge is -2.34. The van der Waals surface area contributed by atoms with Crippen LogP contribution in [0.3, 0.4) is 0 Å². The smallest absolute Gasteiger partial charge is 0.244 e. The van der Waals surface area contributed by atoms with Crippen molar-refractivity contribution in [3.8, 4) is 0 Å². The molecular formula is C23H34BrN3O4S. The van der Waals surface area contributed by atoms with Gasteiger partial charge in [0, 0.05) is 49.3 Å². The highest BCUT2D eigenvalue weighted by Crippen LogP contribution is 2.37. The molecule has 9 heteroatoms. The minimum absolute atomic E-state index is 0.00927. The van der Waals surface area contributed by atoms with Crippen LogP contribution in [-0.2, 0) is 26.0 Å². The van der Waals surface area contributed by atoms with E-state index in [4.69, 9.17) is 0 Å². The molecule has 0 aliphatic carbocycles. The minimum Gasteiger partial charge on any atom is -0.342 e. The lowest BCUT2D eigenvalue weighted by atomic mass is 9.98. The molecule has 178 valence electrons. The van der Waals surface area contributed by atoms with E-state index in [-0.39, 0.29) is 29.2 Å². The Morgan fingerprint density at radius 3 is 2.44 bits per heavy atom. The predicted molar refractivity (Wildman–Crippen MR) is 129 cm³/mol. The first-order valence-corrected chi connectivity index (χ1v) is 13.9. The van der Waals surface area contributed by atoms with E-state index in [0.717, 1.165) is 18.4 Å². The molecule has 0 radical (unpaired) electrons. The summed E-state index contributed by atoms with van der Waals surface area (Å²) in [6.45, 7) is 8.48. The van der Waals surface area contributed by atoms with E-state index in [1.807, 2.05) is 31.7 Å². The quantitative estimate of drug-likeness (QED) is 0.515. The summed E-state index contributed by atoms with van der Waals surface area (Å²) in [7, 11) is -3.81. The third-order valence-electron chi connectivity index (χ3n) is 6.28. The third-order valence-corrected chi connectivity index (χ3v) is 9.11. The van der Waals surface area contributed by atoms with Crippen LogP contribution in [0.2, 0.25) is 0 Å². The number of rotatable bonds is 8. The number of carbonyl (C=O) groups excluding carboxylic acids is 2. The van der Waals surface area contributed by atoms with Gasteiger partial charge in [-0.15, -0.1) is 0 Å². The Bertz CT molecular complexity index is 960. The number of hydrogen-bond acceptors (Lipinski definition) is 4. The van der Waals surface area contributed by atoms with Gasteiger partial charge in [-0.25, -0.2) is 8.42 Å². The number of benzene rings is 1. The van der Waals surface area contributed by atoms with Gasteiger partial charge in [0.15, 0.2) is 0 Å². The Kier molecular flexibility index (Phi) is 8.38. The summed E-state index contributed by atoms with van der Waals surface area (Å²) >= 11 is 3.45. The van der Waals surface area contributed by atoms with Crippen molar-refractivity contribution in [3.63, 3.8) is 0 Å². The molecular weight excluding hydrogens is 494 g/mol. The number of carbonyl (C=O) groups is 2. The Balaban J connectivity index is 1.86. The molecule has 0 saturated carbocycles. The van der Waals surface area contributed by atoms with Gasteiger partial charge in [-0.3, -0.25) is 9.59 Å². The molecule has 2 amide bonds. The van der Waals surface area contributed by atoms with Crippen molar-refractivity contribution in [2.45, 2.75) is 64.2 Å². The lowest BCUT2D eigenvalue weighted by molar-refractivity contribution is -0.136. The maximum Gasteiger partial charge on any atom is 0.244 e. The van der Waals surface area contributed by atoms with E-state index in [0.29, 0.717) is 62.0 Å². The Morgan fingerprint density at radius 1 is 1.12 bits per heavy atom. The van der Waals surface area contributed by atoms with Crippen LogP contribution in [0.25, 0.3) is 0 Å². The maximum atomic E-state index is 13.6. The van der Waals surface area contributed by atoms with Crippen LogP contribution in [0.1, 0.15) is 58.4 Å². The number of amides is 2. The predicted octanol–water partition coefficient (Wildman–Crippen LogP) is 3.80. The summed E-state index contributed by atoms with van der Waals surface area (Å²) in [5.74, 6) is -0.269. The molecule has 1 atom stereocenters. The number of hydrogen-bond donors (Lipinski definition) is 0. The van der Waals surface area contributed by atoms with E-state index in [9.17, 15) is 18.0 Å². The van der Waals surface area contributed by atoms with Gasteiger partial charge in [0.25, 0.3) is 0 Å². The fraction of sp³-hybridized carbons (Fsp3) is 0.652. The van der Waals surface area contributed by atoms with Crippen molar-refractivity contribution in [2.75, 3.05) is 37.6 Å².